The van der Waals surface area contributed by atoms with Gasteiger partial charge in [0.2, 0.25) is 0 Å². The molecular formula is C14H21Cl3N2. The van der Waals surface area contributed by atoms with Crippen LogP contribution in [0.3, 0.4) is 0 Å². The molecule has 1 aromatic carbocycles. The van der Waals surface area contributed by atoms with Crippen LogP contribution in [0.15, 0.2) is 18.2 Å². The zero-order chi connectivity index (χ0) is 13.0. The Balaban J connectivity index is 0.00000180. The van der Waals surface area contributed by atoms with Crippen molar-refractivity contribution in [3.8, 4) is 0 Å². The lowest BCUT2D eigenvalue weighted by atomic mass is 10.1. The minimum absolute atomic E-state index is 0. The van der Waals surface area contributed by atoms with E-state index in [1.807, 2.05) is 12.1 Å². The second kappa shape index (κ2) is 8.33. The summed E-state index contributed by atoms with van der Waals surface area (Å²) in [6.45, 7) is 3.20. The molecule has 1 atom stereocenters. The van der Waals surface area contributed by atoms with E-state index < -0.39 is 0 Å². The van der Waals surface area contributed by atoms with E-state index in [2.05, 4.69) is 23.3 Å². The van der Waals surface area contributed by atoms with Crippen molar-refractivity contribution in [1.29, 1.82) is 0 Å². The third-order valence-electron chi connectivity index (χ3n) is 3.58. The molecule has 1 aromatic rings. The van der Waals surface area contributed by atoms with Crippen LogP contribution in [0.25, 0.3) is 0 Å². The van der Waals surface area contributed by atoms with Crippen LogP contribution in [0.2, 0.25) is 10.0 Å². The van der Waals surface area contributed by atoms with E-state index >= 15 is 0 Å². The van der Waals surface area contributed by atoms with Crippen molar-refractivity contribution in [2.45, 2.75) is 31.8 Å². The summed E-state index contributed by atoms with van der Waals surface area (Å²) in [6.07, 6.45) is 3.75. The zero-order valence-electron chi connectivity index (χ0n) is 11.2. The summed E-state index contributed by atoms with van der Waals surface area (Å²) < 4.78 is 0. The fourth-order valence-corrected chi connectivity index (χ4v) is 2.82. The van der Waals surface area contributed by atoms with Gasteiger partial charge < -0.3 is 5.32 Å². The maximum Gasteiger partial charge on any atom is 0.0595 e. The van der Waals surface area contributed by atoms with E-state index in [-0.39, 0.29) is 12.4 Å². The standard InChI is InChI=1S/C14H20Cl2N2.ClH/c1-18(12-3-2-7-17-8-6-12)10-11-4-5-13(15)14(16)9-11;/h4-5,9,12,17H,2-3,6-8,10H2,1H3;1H. The number of benzene rings is 1. The highest BCUT2D eigenvalue weighted by atomic mass is 35.5. The first-order valence-electron chi connectivity index (χ1n) is 6.51. The van der Waals surface area contributed by atoms with Crippen LogP contribution in [0.4, 0.5) is 0 Å². The summed E-state index contributed by atoms with van der Waals surface area (Å²) in [7, 11) is 2.19. The van der Waals surface area contributed by atoms with Crippen molar-refractivity contribution >= 4 is 35.6 Å². The van der Waals surface area contributed by atoms with Gasteiger partial charge in [0.25, 0.3) is 0 Å². The molecule has 19 heavy (non-hydrogen) atoms. The molecule has 0 radical (unpaired) electrons. The quantitative estimate of drug-likeness (QED) is 0.905. The Morgan fingerprint density at radius 3 is 2.74 bits per heavy atom. The number of hydrogen-bond donors (Lipinski definition) is 1. The van der Waals surface area contributed by atoms with E-state index in [1.54, 1.807) is 0 Å². The van der Waals surface area contributed by atoms with E-state index in [9.17, 15) is 0 Å². The second-order valence-corrected chi connectivity index (χ2v) is 5.81. The van der Waals surface area contributed by atoms with Crippen molar-refractivity contribution < 1.29 is 0 Å². The Kier molecular flexibility index (Phi) is 7.48. The first kappa shape index (κ1) is 17.1. The molecule has 0 spiro atoms. The van der Waals surface area contributed by atoms with Crippen molar-refractivity contribution in [3.05, 3.63) is 33.8 Å². The molecule has 2 nitrogen and oxygen atoms in total. The van der Waals surface area contributed by atoms with Crippen molar-refractivity contribution in [1.82, 2.24) is 10.2 Å². The Morgan fingerprint density at radius 1 is 1.21 bits per heavy atom. The van der Waals surface area contributed by atoms with E-state index in [4.69, 9.17) is 23.2 Å². The van der Waals surface area contributed by atoms with Gasteiger partial charge in [-0.15, -0.1) is 12.4 Å². The minimum Gasteiger partial charge on any atom is -0.317 e. The number of halogens is 3. The van der Waals surface area contributed by atoms with Gasteiger partial charge in [-0.25, -0.2) is 0 Å². The summed E-state index contributed by atoms with van der Waals surface area (Å²) in [4.78, 5) is 2.42. The van der Waals surface area contributed by atoms with E-state index in [0.29, 0.717) is 16.1 Å². The smallest absolute Gasteiger partial charge is 0.0595 e. The van der Waals surface area contributed by atoms with Crippen LogP contribution >= 0.6 is 35.6 Å². The minimum atomic E-state index is 0. The molecule has 108 valence electrons. The molecule has 1 aliphatic heterocycles. The number of rotatable bonds is 3. The van der Waals surface area contributed by atoms with Gasteiger partial charge in [-0.05, 0) is 57.1 Å². The summed E-state index contributed by atoms with van der Waals surface area (Å²) >= 11 is 12.0. The molecule has 1 N–H and O–H groups in total. The van der Waals surface area contributed by atoms with Gasteiger partial charge >= 0.3 is 0 Å². The predicted molar refractivity (Wildman–Crippen MR) is 85.7 cm³/mol. The monoisotopic (exact) mass is 322 g/mol. The van der Waals surface area contributed by atoms with Crippen LogP contribution in [0, 0.1) is 0 Å². The first-order valence-corrected chi connectivity index (χ1v) is 7.27. The fraction of sp³-hybridized carbons (Fsp3) is 0.571. The fourth-order valence-electron chi connectivity index (χ4n) is 2.50. The van der Waals surface area contributed by atoms with Gasteiger partial charge in [0.15, 0.2) is 0 Å². The van der Waals surface area contributed by atoms with Gasteiger partial charge in [-0.1, -0.05) is 29.3 Å². The van der Waals surface area contributed by atoms with Crippen molar-refractivity contribution in [2.75, 3.05) is 20.1 Å². The molecule has 0 amide bonds. The lowest BCUT2D eigenvalue weighted by Crippen LogP contribution is -2.31. The molecule has 1 aliphatic rings. The Labute approximate surface area is 131 Å². The van der Waals surface area contributed by atoms with E-state index in [1.165, 1.54) is 24.8 Å². The Hall–Kier alpha value is 0.01000. The molecule has 0 aliphatic carbocycles. The SMILES string of the molecule is CN(Cc1ccc(Cl)c(Cl)c1)C1CCCNCC1.Cl. The molecule has 0 bridgehead atoms. The van der Waals surface area contributed by atoms with Crippen LogP contribution in [0.1, 0.15) is 24.8 Å². The summed E-state index contributed by atoms with van der Waals surface area (Å²) in [5.41, 5.74) is 1.23. The van der Waals surface area contributed by atoms with E-state index in [0.717, 1.165) is 19.6 Å². The molecular weight excluding hydrogens is 303 g/mol. The maximum atomic E-state index is 6.05. The normalized spacial score (nSPS) is 19.9. The van der Waals surface area contributed by atoms with Crippen LogP contribution in [0.5, 0.6) is 0 Å². The van der Waals surface area contributed by atoms with Crippen molar-refractivity contribution in [3.63, 3.8) is 0 Å². The number of nitrogens with zero attached hydrogens (tertiary/aromatic N) is 1. The van der Waals surface area contributed by atoms with Gasteiger partial charge in [-0.3, -0.25) is 4.90 Å². The average Bonchev–Trinajstić information content (AvgIpc) is 2.62. The molecule has 1 saturated heterocycles. The Morgan fingerprint density at radius 2 is 2.00 bits per heavy atom. The molecule has 0 aromatic heterocycles. The molecule has 1 fully saturated rings. The third-order valence-corrected chi connectivity index (χ3v) is 4.32. The molecule has 1 unspecified atom stereocenters. The third kappa shape index (κ3) is 5.13. The van der Waals surface area contributed by atoms with Gasteiger partial charge in [0.05, 0.1) is 10.0 Å². The number of hydrogen-bond acceptors (Lipinski definition) is 2. The number of nitrogens with one attached hydrogen (secondary N) is 1. The zero-order valence-corrected chi connectivity index (χ0v) is 13.5. The highest BCUT2D eigenvalue weighted by molar-refractivity contribution is 6.42. The predicted octanol–water partition coefficient (Wildman–Crippen LogP) is 3.99. The van der Waals surface area contributed by atoms with Gasteiger partial charge in [-0.2, -0.15) is 0 Å². The summed E-state index contributed by atoms with van der Waals surface area (Å²) in [5, 5.41) is 4.72. The highest BCUT2D eigenvalue weighted by Crippen LogP contribution is 2.24. The summed E-state index contributed by atoms with van der Waals surface area (Å²) in [6, 6.07) is 6.56. The molecule has 1 heterocycles. The Bertz CT molecular complexity index is 390. The summed E-state index contributed by atoms with van der Waals surface area (Å²) in [5.74, 6) is 0. The first-order chi connectivity index (χ1) is 8.66. The van der Waals surface area contributed by atoms with Gasteiger partial charge in [0.1, 0.15) is 0 Å². The molecule has 5 heteroatoms. The lowest BCUT2D eigenvalue weighted by Gasteiger charge is -2.27. The molecule has 2 rings (SSSR count). The second-order valence-electron chi connectivity index (χ2n) is 5.00. The van der Waals surface area contributed by atoms with Crippen LogP contribution < -0.4 is 5.32 Å². The highest BCUT2D eigenvalue weighted by Gasteiger charge is 2.16. The van der Waals surface area contributed by atoms with Crippen LogP contribution in [-0.4, -0.2) is 31.1 Å². The van der Waals surface area contributed by atoms with Crippen molar-refractivity contribution in [2.24, 2.45) is 0 Å². The van der Waals surface area contributed by atoms with Crippen LogP contribution in [-0.2, 0) is 6.54 Å². The largest absolute Gasteiger partial charge is 0.317 e. The maximum absolute atomic E-state index is 6.05. The molecule has 0 saturated carbocycles. The lowest BCUT2D eigenvalue weighted by molar-refractivity contribution is 0.216. The van der Waals surface area contributed by atoms with Gasteiger partial charge in [0, 0.05) is 12.6 Å². The average molecular weight is 324 g/mol. The topological polar surface area (TPSA) is 15.3 Å².